The summed E-state index contributed by atoms with van der Waals surface area (Å²) >= 11 is 0. The second-order valence-corrected chi connectivity index (χ2v) is 15.3. The lowest BCUT2D eigenvalue weighted by molar-refractivity contribution is 0.112. The molecular formula is C27H37N3O3Si. The molecule has 0 fully saturated rings. The molecule has 0 saturated heterocycles. The summed E-state index contributed by atoms with van der Waals surface area (Å²) in [5, 5.41) is 1.23. The fraction of sp³-hybridized carbons (Fsp3) is 0.481. The van der Waals surface area contributed by atoms with Gasteiger partial charge in [-0.15, -0.1) is 0 Å². The minimum absolute atomic E-state index is 0.0925. The third-order valence-electron chi connectivity index (χ3n) is 6.99. The maximum absolute atomic E-state index is 6.55. The lowest BCUT2D eigenvalue weighted by atomic mass is 10.1. The highest BCUT2D eigenvalue weighted by atomic mass is 28.4. The molecule has 0 saturated carbocycles. The Morgan fingerprint density at radius 2 is 1.94 bits per heavy atom. The van der Waals surface area contributed by atoms with Crippen molar-refractivity contribution in [3.8, 4) is 22.8 Å². The van der Waals surface area contributed by atoms with Crippen LogP contribution in [-0.2, 0) is 4.43 Å². The van der Waals surface area contributed by atoms with Gasteiger partial charge in [0.1, 0.15) is 19.0 Å². The number of hydrogen-bond acceptors (Lipinski definition) is 6. The number of likely N-dealkylation sites (N-methyl/N-ethyl adjacent to an activating group) is 1. The number of pyridine rings is 2. The first-order valence-corrected chi connectivity index (χ1v) is 15.0. The first-order valence-electron chi connectivity index (χ1n) is 12.1. The van der Waals surface area contributed by atoms with Crippen LogP contribution in [0.25, 0.3) is 22.2 Å². The normalized spacial score (nSPS) is 15.1. The van der Waals surface area contributed by atoms with Gasteiger partial charge in [-0.1, -0.05) is 33.8 Å². The summed E-state index contributed by atoms with van der Waals surface area (Å²) in [7, 11) is 0.203. The van der Waals surface area contributed by atoms with Crippen LogP contribution in [0.5, 0.6) is 11.5 Å². The van der Waals surface area contributed by atoms with Crippen molar-refractivity contribution in [1.29, 1.82) is 0 Å². The van der Waals surface area contributed by atoms with Crippen LogP contribution in [0.2, 0.25) is 18.1 Å². The monoisotopic (exact) mass is 479 g/mol. The van der Waals surface area contributed by atoms with Gasteiger partial charge in [-0.05, 0) is 54.9 Å². The summed E-state index contributed by atoms with van der Waals surface area (Å²) in [6, 6.07) is 12.2. The van der Waals surface area contributed by atoms with Crippen molar-refractivity contribution >= 4 is 25.0 Å². The van der Waals surface area contributed by atoms with Gasteiger partial charge in [-0.2, -0.15) is 0 Å². The van der Waals surface area contributed by atoms with Crippen LogP contribution in [0.1, 0.15) is 34.1 Å². The maximum atomic E-state index is 6.55. The van der Waals surface area contributed by atoms with Crippen molar-refractivity contribution in [3.05, 3.63) is 42.6 Å². The van der Waals surface area contributed by atoms with Crippen molar-refractivity contribution in [3.63, 3.8) is 0 Å². The quantitative estimate of drug-likeness (QED) is 0.370. The number of rotatable bonds is 7. The predicted molar refractivity (Wildman–Crippen MR) is 142 cm³/mol. The molecule has 7 heteroatoms. The van der Waals surface area contributed by atoms with Gasteiger partial charge in [0.2, 0.25) is 0 Å². The van der Waals surface area contributed by atoms with Crippen LogP contribution in [0.15, 0.2) is 42.6 Å². The molecule has 1 atom stereocenters. The number of fused-ring (bicyclic) bond motifs is 2. The van der Waals surface area contributed by atoms with Crippen molar-refractivity contribution in [2.75, 3.05) is 31.7 Å². The van der Waals surface area contributed by atoms with E-state index in [0.717, 1.165) is 52.4 Å². The smallest absolute Gasteiger partial charge is 0.192 e. The zero-order valence-electron chi connectivity index (χ0n) is 21.5. The molecule has 0 aliphatic carbocycles. The van der Waals surface area contributed by atoms with Crippen LogP contribution in [-0.4, -0.2) is 51.2 Å². The molecule has 34 heavy (non-hydrogen) atoms. The van der Waals surface area contributed by atoms with Crippen molar-refractivity contribution in [2.45, 2.75) is 58.4 Å². The Bertz CT molecular complexity index is 1160. The van der Waals surface area contributed by atoms with Gasteiger partial charge in [-0.3, -0.25) is 0 Å². The summed E-state index contributed by atoms with van der Waals surface area (Å²) in [6.45, 7) is 15.6. The standard InChI is InChI=1S/C27H37N3O3Si/c1-8-21(33-34(6,7)27(2,3)4)18-32-22-10-12-23-19(15-22)9-11-24(29-23)20-16-25-26(28-17-20)30(5)13-14-31-25/h9-12,15-17,21H,8,13-14,18H2,1-7H3. The molecule has 0 spiro atoms. The van der Waals surface area contributed by atoms with Gasteiger partial charge < -0.3 is 18.8 Å². The third-order valence-corrected chi connectivity index (χ3v) is 11.5. The largest absolute Gasteiger partial charge is 0.491 e. The van der Waals surface area contributed by atoms with Gasteiger partial charge >= 0.3 is 0 Å². The molecule has 0 bridgehead atoms. The molecule has 0 radical (unpaired) electrons. The molecule has 1 aliphatic heterocycles. The summed E-state index contributed by atoms with van der Waals surface area (Å²) in [6.07, 6.45) is 2.89. The minimum Gasteiger partial charge on any atom is -0.491 e. The van der Waals surface area contributed by atoms with Crippen molar-refractivity contribution in [1.82, 2.24) is 9.97 Å². The Hall–Kier alpha value is -2.64. The molecule has 3 heterocycles. The van der Waals surface area contributed by atoms with E-state index in [1.165, 1.54) is 0 Å². The molecule has 2 aromatic heterocycles. The Morgan fingerprint density at radius 1 is 1.15 bits per heavy atom. The van der Waals surface area contributed by atoms with E-state index >= 15 is 0 Å². The van der Waals surface area contributed by atoms with E-state index in [0.29, 0.717) is 13.2 Å². The highest BCUT2D eigenvalue weighted by Gasteiger charge is 2.39. The summed E-state index contributed by atoms with van der Waals surface area (Å²) in [4.78, 5) is 11.6. The summed E-state index contributed by atoms with van der Waals surface area (Å²) in [5.74, 6) is 2.52. The van der Waals surface area contributed by atoms with Crippen LogP contribution in [0.4, 0.5) is 5.82 Å². The molecule has 3 aromatic rings. The maximum Gasteiger partial charge on any atom is 0.192 e. The lowest BCUT2D eigenvalue weighted by Gasteiger charge is -2.39. The zero-order valence-corrected chi connectivity index (χ0v) is 22.5. The van der Waals surface area contributed by atoms with Crippen molar-refractivity contribution in [2.24, 2.45) is 0 Å². The molecule has 0 N–H and O–H groups in total. The van der Waals surface area contributed by atoms with Gasteiger partial charge in [0.15, 0.2) is 19.9 Å². The van der Waals surface area contributed by atoms with E-state index in [4.69, 9.17) is 18.9 Å². The van der Waals surface area contributed by atoms with E-state index in [-0.39, 0.29) is 11.1 Å². The summed E-state index contributed by atoms with van der Waals surface area (Å²) in [5.41, 5.74) is 2.75. The Morgan fingerprint density at radius 3 is 2.68 bits per heavy atom. The molecule has 6 nitrogen and oxygen atoms in total. The second kappa shape index (κ2) is 9.54. The molecule has 1 unspecified atom stereocenters. The summed E-state index contributed by atoms with van der Waals surface area (Å²) < 4.78 is 18.5. The average Bonchev–Trinajstić information content (AvgIpc) is 2.80. The SMILES string of the molecule is CCC(COc1ccc2nc(-c3cnc4c(c3)OCCN4C)ccc2c1)O[Si](C)(C)C(C)(C)C. The first kappa shape index (κ1) is 24.5. The Balaban J connectivity index is 1.47. The fourth-order valence-corrected chi connectivity index (χ4v) is 5.16. The number of aromatic nitrogens is 2. The van der Waals surface area contributed by atoms with Gasteiger partial charge in [0, 0.05) is 24.2 Å². The highest BCUT2D eigenvalue weighted by molar-refractivity contribution is 6.74. The zero-order chi connectivity index (χ0) is 24.5. The van der Waals surface area contributed by atoms with Gasteiger partial charge in [0.05, 0.1) is 23.9 Å². The molecule has 1 aromatic carbocycles. The first-order chi connectivity index (χ1) is 16.1. The van der Waals surface area contributed by atoms with Crippen LogP contribution in [0, 0.1) is 0 Å². The molecule has 1 aliphatic rings. The number of benzene rings is 1. The van der Waals surface area contributed by atoms with E-state index < -0.39 is 8.32 Å². The molecule has 0 amide bonds. The number of hydrogen-bond donors (Lipinski definition) is 0. The van der Waals surface area contributed by atoms with Crippen molar-refractivity contribution < 1.29 is 13.9 Å². The second-order valence-electron chi connectivity index (χ2n) is 10.6. The van der Waals surface area contributed by atoms with Crippen LogP contribution < -0.4 is 14.4 Å². The van der Waals surface area contributed by atoms with E-state index in [9.17, 15) is 0 Å². The Kier molecular flexibility index (Phi) is 6.87. The van der Waals surface area contributed by atoms with E-state index in [2.05, 4.69) is 56.7 Å². The third kappa shape index (κ3) is 5.20. The Labute approximate surface area is 204 Å². The topological polar surface area (TPSA) is 56.7 Å². The lowest BCUT2D eigenvalue weighted by Crippen LogP contribution is -2.45. The molecular weight excluding hydrogens is 442 g/mol. The molecule has 182 valence electrons. The van der Waals surface area contributed by atoms with Gasteiger partial charge in [-0.25, -0.2) is 9.97 Å². The van der Waals surface area contributed by atoms with Crippen LogP contribution in [0.3, 0.4) is 0 Å². The highest BCUT2D eigenvalue weighted by Crippen LogP contribution is 2.38. The fourth-order valence-electron chi connectivity index (χ4n) is 3.74. The van der Waals surface area contributed by atoms with Crippen LogP contribution >= 0.6 is 0 Å². The number of nitrogens with zero attached hydrogens (tertiary/aromatic N) is 3. The minimum atomic E-state index is -1.83. The predicted octanol–water partition coefficient (Wildman–Crippen LogP) is 6.30. The molecule has 4 rings (SSSR count). The number of anilines is 1. The van der Waals surface area contributed by atoms with E-state index in [1.54, 1.807) is 0 Å². The number of ether oxygens (including phenoxy) is 2. The van der Waals surface area contributed by atoms with E-state index in [1.807, 2.05) is 43.6 Å². The van der Waals surface area contributed by atoms with Gasteiger partial charge in [0.25, 0.3) is 0 Å². The average molecular weight is 480 g/mol.